The number of halogens is 1. The van der Waals surface area contributed by atoms with Crippen LogP contribution in [0.2, 0.25) is 0 Å². The zero-order valence-electron chi connectivity index (χ0n) is 10.9. The lowest BCUT2D eigenvalue weighted by Gasteiger charge is -2.03. The molecule has 5 heteroatoms. The Morgan fingerprint density at radius 1 is 1.30 bits per heavy atom. The summed E-state index contributed by atoms with van der Waals surface area (Å²) in [6, 6.07) is 9.77. The number of nitrogens with one attached hydrogen (secondary N) is 1. The van der Waals surface area contributed by atoms with E-state index in [9.17, 15) is 9.18 Å². The SMILES string of the molecule is CCOC(=O)c1cc2c(ccn2-c2ccc(F)cc2)[nH]1. The fourth-order valence-corrected chi connectivity index (χ4v) is 2.16. The minimum absolute atomic E-state index is 0.279. The molecule has 0 aliphatic carbocycles. The molecule has 1 N–H and O–H groups in total. The Morgan fingerprint density at radius 3 is 2.75 bits per heavy atom. The summed E-state index contributed by atoms with van der Waals surface area (Å²) in [5.41, 5.74) is 2.92. The van der Waals surface area contributed by atoms with Crippen molar-refractivity contribution in [2.24, 2.45) is 0 Å². The van der Waals surface area contributed by atoms with Crippen molar-refractivity contribution in [3.8, 4) is 5.69 Å². The number of hydrogen-bond acceptors (Lipinski definition) is 2. The van der Waals surface area contributed by atoms with Gasteiger partial charge < -0.3 is 14.3 Å². The second-order valence-corrected chi connectivity index (χ2v) is 4.36. The molecular formula is C15H13FN2O2. The third-order valence-electron chi connectivity index (χ3n) is 3.08. The van der Waals surface area contributed by atoms with E-state index in [0.29, 0.717) is 12.3 Å². The van der Waals surface area contributed by atoms with Crippen LogP contribution in [-0.2, 0) is 4.74 Å². The number of fused-ring (bicyclic) bond motifs is 1. The minimum atomic E-state index is -0.380. The standard InChI is InChI=1S/C15H13FN2O2/c1-2-20-15(19)13-9-14-12(17-13)7-8-18(14)11-5-3-10(16)4-6-11/h3-9,17H,2H2,1H3. The normalized spacial score (nSPS) is 10.9. The van der Waals surface area contributed by atoms with Crippen molar-refractivity contribution in [1.82, 2.24) is 9.55 Å². The number of rotatable bonds is 3. The molecule has 0 unspecified atom stereocenters. The van der Waals surface area contributed by atoms with E-state index >= 15 is 0 Å². The van der Waals surface area contributed by atoms with E-state index in [0.717, 1.165) is 16.7 Å². The van der Waals surface area contributed by atoms with Crippen LogP contribution >= 0.6 is 0 Å². The van der Waals surface area contributed by atoms with E-state index < -0.39 is 0 Å². The van der Waals surface area contributed by atoms with Crippen molar-refractivity contribution >= 4 is 17.0 Å². The number of nitrogens with zero attached hydrogens (tertiary/aromatic N) is 1. The number of carbonyl (C=O) groups excluding carboxylic acids is 1. The smallest absolute Gasteiger partial charge is 0.354 e. The van der Waals surface area contributed by atoms with E-state index in [4.69, 9.17) is 4.74 Å². The molecule has 20 heavy (non-hydrogen) atoms. The Bertz CT molecular complexity index is 756. The molecular weight excluding hydrogens is 259 g/mol. The molecule has 3 aromatic rings. The van der Waals surface area contributed by atoms with Crippen molar-refractivity contribution in [2.45, 2.75) is 6.92 Å². The molecule has 0 fully saturated rings. The van der Waals surface area contributed by atoms with Crippen LogP contribution in [0.15, 0.2) is 42.6 Å². The van der Waals surface area contributed by atoms with Gasteiger partial charge in [-0.1, -0.05) is 0 Å². The average molecular weight is 272 g/mol. The van der Waals surface area contributed by atoms with Gasteiger partial charge >= 0.3 is 5.97 Å². The van der Waals surface area contributed by atoms with Crippen LogP contribution in [0.3, 0.4) is 0 Å². The monoisotopic (exact) mass is 272 g/mol. The maximum Gasteiger partial charge on any atom is 0.354 e. The summed E-state index contributed by atoms with van der Waals surface area (Å²) in [5.74, 6) is -0.659. The average Bonchev–Trinajstić information content (AvgIpc) is 3.00. The first-order valence-electron chi connectivity index (χ1n) is 6.32. The summed E-state index contributed by atoms with van der Waals surface area (Å²) in [7, 11) is 0. The predicted molar refractivity (Wildman–Crippen MR) is 73.5 cm³/mol. The summed E-state index contributed by atoms with van der Waals surface area (Å²) >= 11 is 0. The fourth-order valence-electron chi connectivity index (χ4n) is 2.16. The van der Waals surface area contributed by atoms with Gasteiger partial charge in [0.25, 0.3) is 0 Å². The van der Waals surface area contributed by atoms with E-state index in [1.165, 1.54) is 12.1 Å². The Kier molecular flexibility index (Phi) is 3.02. The van der Waals surface area contributed by atoms with E-state index in [-0.39, 0.29) is 11.8 Å². The largest absolute Gasteiger partial charge is 0.461 e. The molecule has 3 rings (SSSR count). The Labute approximate surface area is 114 Å². The first kappa shape index (κ1) is 12.5. The summed E-state index contributed by atoms with van der Waals surface area (Å²) in [6.07, 6.45) is 1.86. The fraction of sp³-hybridized carbons (Fsp3) is 0.133. The first-order chi connectivity index (χ1) is 9.69. The molecule has 0 saturated carbocycles. The molecule has 0 bridgehead atoms. The van der Waals surface area contributed by atoms with Crippen LogP contribution < -0.4 is 0 Å². The molecule has 102 valence electrons. The molecule has 0 amide bonds. The third-order valence-corrected chi connectivity index (χ3v) is 3.08. The van der Waals surface area contributed by atoms with Gasteiger partial charge in [-0.25, -0.2) is 9.18 Å². The zero-order valence-corrected chi connectivity index (χ0v) is 10.9. The quantitative estimate of drug-likeness (QED) is 0.744. The van der Waals surface area contributed by atoms with Crippen LogP contribution in [0, 0.1) is 5.82 Å². The number of ether oxygens (including phenoxy) is 1. The number of aromatic amines is 1. The molecule has 0 spiro atoms. The second kappa shape index (κ2) is 4.85. The van der Waals surface area contributed by atoms with Gasteiger partial charge in [-0.15, -0.1) is 0 Å². The maximum atomic E-state index is 13.0. The highest BCUT2D eigenvalue weighted by molar-refractivity contribution is 5.94. The Morgan fingerprint density at radius 2 is 2.05 bits per heavy atom. The van der Waals surface area contributed by atoms with Crippen LogP contribution in [-0.4, -0.2) is 22.1 Å². The number of esters is 1. The minimum Gasteiger partial charge on any atom is -0.461 e. The highest BCUT2D eigenvalue weighted by Gasteiger charge is 2.13. The number of benzene rings is 1. The molecule has 1 aromatic carbocycles. The van der Waals surface area contributed by atoms with Crippen LogP contribution in [0.25, 0.3) is 16.7 Å². The lowest BCUT2D eigenvalue weighted by atomic mass is 10.3. The van der Waals surface area contributed by atoms with E-state index in [2.05, 4.69) is 4.98 Å². The Hall–Kier alpha value is -2.56. The van der Waals surface area contributed by atoms with Gasteiger partial charge in [0.05, 0.1) is 17.6 Å². The molecule has 0 aliphatic rings. The molecule has 0 aliphatic heterocycles. The van der Waals surface area contributed by atoms with Gasteiger partial charge in [0.1, 0.15) is 11.5 Å². The number of aromatic nitrogens is 2. The number of H-pyrrole nitrogens is 1. The van der Waals surface area contributed by atoms with Crippen molar-refractivity contribution in [3.63, 3.8) is 0 Å². The summed E-state index contributed by atoms with van der Waals surface area (Å²) < 4.78 is 19.8. The zero-order chi connectivity index (χ0) is 14.1. The predicted octanol–water partition coefficient (Wildman–Crippen LogP) is 3.27. The van der Waals surface area contributed by atoms with Crippen LogP contribution in [0.5, 0.6) is 0 Å². The van der Waals surface area contributed by atoms with Gasteiger partial charge in [-0.3, -0.25) is 0 Å². The molecule has 4 nitrogen and oxygen atoms in total. The summed E-state index contributed by atoms with van der Waals surface area (Å²) in [5, 5.41) is 0. The van der Waals surface area contributed by atoms with Crippen LogP contribution in [0.1, 0.15) is 17.4 Å². The van der Waals surface area contributed by atoms with Gasteiger partial charge in [0.15, 0.2) is 0 Å². The summed E-state index contributed by atoms with van der Waals surface area (Å²) in [6.45, 7) is 2.10. The maximum absolute atomic E-state index is 13.0. The molecule has 2 heterocycles. The van der Waals surface area contributed by atoms with Crippen molar-refractivity contribution in [3.05, 3.63) is 54.1 Å². The van der Waals surface area contributed by atoms with E-state index in [1.54, 1.807) is 25.1 Å². The third kappa shape index (κ3) is 2.07. The first-order valence-corrected chi connectivity index (χ1v) is 6.32. The number of carbonyl (C=O) groups is 1. The second-order valence-electron chi connectivity index (χ2n) is 4.36. The number of hydrogen-bond donors (Lipinski definition) is 1. The van der Waals surface area contributed by atoms with Crippen molar-refractivity contribution in [2.75, 3.05) is 6.61 Å². The summed E-state index contributed by atoms with van der Waals surface area (Å²) in [4.78, 5) is 14.7. The Balaban J connectivity index is 2.04. The lowest BCUT2D eigenvalue weighted by Crippen LogP contribution is -2.04. The molecule has 2 aromatic heterocycles. The van der Waals surface area contributed by atoms with Gasteiger partial charge in [0, 0.05) is 11.9 Å². The highest BCUT2D eigenvalue weighted by atomic mass is 19.1. The van der Waals surface area contributed by atoms with Crippen LogP contribution in [0.4, 0.5) is 4.39 Å². The van der Waals surface area contributed by atoms with Crippen molar-refractivity contribution in [1.29, 1.82) is 0 Å². The topological polar surface area (TPSA) is 47.0 Å². The lowest BCUT2D eigenvalue weighted by molar-refractivity contribution is 0.0520. The van der Waals surface area contributed by atoms with Gasteiger partial charge in [0.2, 0.25) is 0 Å². The van der Waals surface area contributed by atoms with E-state index in [1.807, 2.05) is 16.8 Å². The molecule has 0 radical (unpaired) electrons. The highest BCUT2D eigenvalue weighted by Crippen LogP contribution is 2.22. The van der Waals surface area contributed by atoms with Gasteiger partial charge in [-0.2, -0.15) is 0 Å². The van der Waals surface area contributed by atoms with Gasteiger partial charge in [-0.05, 0) is 43.3 Å². The molecule has 0 saturated heterocycles. The molecule has 0 atom stereocenters. The van der Waals surface area contributed by atoms with Crippen molar-refractivity contribution < 1.29 is 13.9 Å².